The number of hydroxylamine groups is 2. The van der Waals surface area contributed by atoms with Crippen LogP contribution in [0.1, 0.15) is 43.7 Å². The normalized spacial score (nSPS) is 12.6. The zero-order valence-corrected chi connectivity index (χ0v) is 14.4. The summed E-state index contributed by atoms with van der Waals surface area (Å²) >= 11 is -1.12. The van der Waals surface area contributed by atoms with Crippen LogP contribution >= 0.6 is 0 Å². The first-order valence-electron chi connectivity index (χ1n) is 7.56. The molecule has 1 unspecified atom stereocenters. The zero-order valence-electron chi connectivity index (χ0n) is 13.5. The van der Waals surface area contributed by atoms with Gasteiger partial charge in [-0.25, -0.2) is 5.06 Å². The van der Waals surface area contributed by atoms with E-state index in [0.29, 0.717) is 5.06 Å². The Balaban J connectivity index is 2.84. The molecule has 1 N–H and O–H groups in total. The molecule has 0 saturated carbocycles. The molecule has 5 heteroatoms. The van der Waals surface area contributed by atoms with E-state index in [1.54, 1.807) is 12.3 Å². The van der Waals surface area contributed by atoms with Crippen molar-refractivity contribution < 1.29 is 14.6 Å². The fraction of sp³-hybridized carbons (Fsp3) is 0.471. The number of hydrogen-bond acceptors (Lipinski definition) is 3. The van der Waals surface area contributed by atoms with Gasteiger partial charge < -0.3 is 4.55 Å². The van der Waals surface area contributed by atoms with Crippen molar-refractivity contribution in [2.24, 2.45) is 0 Å². The van der Waals surface area contributed by atoms with Gasteiger partial charge in [0.2, 0.25) is 0 Å². The van der Waals surface area contributed by atoms with E-state index in [-0.39, 0.29) is 0 Å². The Labute approximate surface area is 136 Å². The highest BCUT2D eigenvalue weighted by Crippen LogP contribution is 2.21. The fourth-order valence-electron chi connectivity index (χ4n) is 2.15. The summed E-state index contributed by atoms with van der Waals surface area (Å²) in [6.07, 6.45) is 10.3. The van der Waals surface area contributed by atoms with Crippen molar-refractivity contribution in [3.63, 3.8) is 0 Å². The summed E-state index contributed by atoms with van der Waals surface area (Å²) in [5.41, 5.74) is 1.91. The van der Waals surface area contributed by atoms with Crippen LogP contribution in [-0.4, -0.2) is 34.0 Å². The summed E-state index contributed by atoms with van der Waals surface area (Å²) in [5.74, 6) is -0.517. The smallest absolute Gasteiger partial charge is 0.269 e. The first-order valence-corrected chi connectivity index (χ1v) is 9.12. The summed E-state index contributed by atoms with van der Waals surface area (Å²) in [5, 5.41) is 9.55. The summed E-state index contributed by atoms with van der Waals surface area (Å²) in [4.78, 5) is 12.1. The number of carbonyl (C=O) groups excluding carboxylic acids is 1. The van der Waals surface area contributed by atoms with E-state index < -0.39 is 17.1 Å². The van der Waals surface area contributed by atoms with Crippen molar-refractivity contribution in [1.29, 1.82) is 0 Å². The second kappa shape index (κ2) is 9.66. The van der Waals surface area contributed by atoms with Crippen LogP contribution < -0.4 is 0 Å². The van der Waals surface area contributed by atoms with E-state index in [2.05, 4.69) is 6.92 Å². The van der Waals surface area contributed by atoms with Gasteiger partial charge in [0.1, 0.15) is 6.26 Å². The minimum Gasteiger partial charge on any atom is -0.612 e. The lowest BCUT2D eigenvalue weighted by atomic mass is 10.0. The molecular weight excluding hydrogens is 298 g/mol. The number of unbranched alkanes of at least 4 members (excludes halogenated alkanes) is 3. The number of aryl methyl sites for hydroxylation is 1. The zero-order chi connectivity index (χ0) is 16.5. The predicted octanol–water partition coefficient (Wildman–Crippen LogP) is 3.41. The first kappa shape index (κ1) is 18.7. The van der Waals surface area contributed by atoms with Crippen molar-refractivity contribution in [3.8, 4) is 0 Å². The van der Waals surface area contributed by atoms with Crippen LogP contribution in [0, 0.1) is 0 Å². The number of carbonyl (C=O) groups is 1. The van der Waals surface area contributed by atoms with Crippen molar-refractivity contribution in [1.82, 2.24) is 5.06 Å². The quantitative estimate of drug-likeness (QED) is 0.262. The third-order valence-corrected chi connectivity index (χ3v) is 4.40. The van der Waals surface area contributed by atoms with E-state index in [1.807, 2.05) is 18.2 Å². The SMILES string of the molecule is CCCCCCc1ccc(/C=C/C(=O)N(C)O)c([S+](C)[O-])c1. The molecule has 0 heterocycles. The van der Waals surface area contributed by atoms with Gasteiger partial charge >= 0.3 is 0 Å². The van der Waals surface area contributed by atoms with Gasteiger partial charge in [0.15, 0.2) is 4.90 Å². The highest BCUT2D eigenvalue weighted by atomic mass is 32.2. The molecule has 0 aromatic heterocycles. The molecule has 1 atom stereocenters. The molecule has 1 aromatic carbocycles. The highest BCUT2D eigenvalue weighted by molar-refractivity contribution is 7.90. The second-order valence-electron chi connectivity index (χ2n) is 5.33. The minimum atomic E-state index is -1.12. The molecular formula is C17H25NO3S. The van der Waals surface area contributed by atoms with Gasteiger partial charge in [-0.2, -0.15) is 0 Å². The van der Waals surface area contributed by atoms with Crippen molar-refractivity contribution >= 4 is 23.2 Å². The lowest BCUT2D eigenvalue weighted by molar-refractivity contribution is -0.153. The Morgan fingerprint density at radius 1 is 1.36 bits per heavy atom. The third kappa shape index (κ3) is 6.22. The Kier molecular flexibility index (Phi) is 8.24. The summed E-state index contributed by atoms with van der Waals surface area (Å²) in [6, 6.07) is 5.84. The molecule has 0 radical (unpaired) electrons. The van der Waals surface area contributed by atoms with Crippen molar-refractivity contribution in [3.05, 3.63) is 35.4 Å². The Morgan fingerprint density at radius 3 is 2.68 bits per heavy atom. The van der Waals surface area contributed by atoms with Crippen LogP contribution in [0.2, 0.25) is 0 Å². The van der Waals surface area contributed by atoms with Crippen molar-refractivity contribution in [2.45, 2.75) is 43.9 Å². The molecule has 0 aliphatic carbocycles. The lowest BCUT2D eigenvalue weighted by Gasteiger charge is -2.10. The van der Waals surface area contributed by atoms with Gasteiger partial charge in [-0.3, -0.25) is 10.0 Å². The molecule has 0 aliphatic heterocycles. The maximum atomic E-state index is 11.9. The molecule has 122 valence electrons. The largest absolute Gasteiger partial charge is 0.612 e. The van der Waals surface area contributed by atoms with E-state index in [4.69, 9.17) is 5.21 Å². The molecule has 1 aromatic rings. The van der Waals surface area contributed by atoms with Gasteiger partial charge in [0.25, 0.3) is 5.91 Å². The summed E-state index contributed by atoms with van der Waals surface area (Å²) < 4.78 is 11.9. The molecule has 0 saturated heterocycles. The van der Waals surface area contributed by atoms with Gasteiger partial charge in [-0.15, -0.1) is 0 Å². The maximum absolute atomic E-state index is 11.9. The Hall–Kier alpha value is -1.30. The van der Waals surface area contributed by atoms with Gasteiger partial charge in [0.05, 0.1) is 0 Å². The average molecular weight is 323 g/mol. The number of nitrogens with zero attached hydrogens (tertiary/aromatic N) is 1. The molecule has 4 nitrogen and oxygen atoms in total. The molecule has 22 heavy (non-hydrogen) atoms. The number of rotatable bonds is 8. The number of amides is 1. The van der Waals surface area contributed by atoms with Crippen LogP contribution in [0.25, 0.3) is 6.08 Å². The van der Waals surface area contributed by atoms with Gasteiger partial charge in [0, 0.05) is 18.7 Å². The topological polar surface area (TPSA) is 63.6 Å². The average Bonchev–Trinajstić information content (AvgIpc) is 2.49. The predicted molar refractivity (Wildman–Crippen MR) is 90.2 cm³/mol. The van der Waals surface area contributed by atoms with Crippen LogP contribution in [0.4, 0.5) is 0 Å². The minimum absolute atomic E-state index is 0.515. The first-order chi connectivity index (χ1) is 10.5. The van der Waals surface area contributed by atoms with E-state index in [1.165, 1.54) is 37.9 Å². The monoisotopic (exact) mass is 323 g/mol. The lowest BCUT2D eigenvalue weighted by Crippen LogP contribution is -2.19. The van der Waals surface area contributed by atoms with Crippen LogP contribution in [0.3, 0.4) is 0 Å². The molecule has 0 bridgehead atoms. The van der Waals surface area contributed by atoms with E-state index >= 15 is 0 Å². The summed E-state index contributed by atoms with van der Waals surface area (Å²) in [7, 11) is 1.27. The second-order valence-corrected chi connectivity index (χ2v) is 6.68. The highest BCUT2D eigenvalue weighted by Gasteiger charge is 2.11. The van der Waals surface area contributed by atoms with Crippen LogP contribution in [0.15, 0.2) is 29.2 Å². The van der Waals surface area contributed by atoms with E-state index in [0.717, 1.165) is 23.3 Å². The molecule has 1 rings (SSSR count). The van der Waals surface area contributed by atoms with Gasteiger partial charge in [-0.05, 0) is 47.8 Å². The third-order valence-electron chi connectivity index (χ3n) is 3.43. The number of benzene rings is 1. The van der Waals surface area contributed by atoms with E-state index in [9.17, 15) is 9.35 Å². The summed E-state index contributed by atoms with van der Waals surface area (Å²) in [6.45, 7) is 2.19. The maximum Gasteiger partial charge on any atom is 0.269 e. The molecule has 0 fully saturated rings. The molecule has 0 aliphatic rings. The van der Waals surface area contributed by atoms with Crippen molar-refractivity contribution in [2.75, 3.05) is 13.3 Å². The Bertz CT molecular complexity index is 513. The number of likely N-dealkylation sites (N-methyl/N-ethyl adjacent to an activating group) is 1. The standard InChI is InChI=1S/C17H25NO3S/c1-4-5-6-7-8-14-9-10-15(16(13-14)22(3)21)11-12-17(19)18(2)20/h9-13,20H,4-8H2,1-3H3/b12-11+. The fourth-order valence-corrected chi connectivity index (χ4v) is 2.93. The molecule has 1 amide bonds. The van der Waals surface area contributed by atoms with Crippen LogP contribution in [0.5, 0.6) is 0 Å². The Morgan fingerprint density at radius 2 is 2.09 bits per heavy atom. The number of hydrogen-bond donors (Lipinski definition) is 1. The molecule has 0 spiro atoms. The van der Waals surface area contributed by atoms with Gasteiger partial charge in [-0.1, -0.05) is 32.3 Å². The van der Waals surface area contributed by atoms with Crippen LogP contribution in [-0.2, 0) is 22.4 Å².